The Morgan fingerprint density at radius 3 is 2.59 bits per heavy atom. The topological polar surface area (TPSA) is 111 Å². The average molecular weight is 500 g/mol. The minimum Gasteiger partial charge on any atom is -0.495 e. The first-order valence-corrected chi connectivity index (χ1v) is 10.4. The molecule has 0 aliphatic rings. The molecule has 166 valence electrons. The van der Waals surface area contributed by atoms with Crippen molar-refractivity contribution in [3.63, 3.8) is 0 Å². The fraction of sp³-hybridized carbons (Fsp3) is 0.182. The van der Waals surface area contributed by atoms with Crippen molar-refractivity contribution in [3.8, 4) is 11.4 Å². The quantitative estimate of drug-likeness (QED) is 0.274. The molecule has 0 fully saturated rings. The molecule has 2 N–H and O–H groups in total. The number of hydrazone groups is 1. The molecule has 0 aliphatic heterocycles. The highest BCUT2D eigenvalue weighted by Crippen LogP contribution is 2.31. The van der Waals surface area contributed by atoms with Crippen LogP contribution in [0.1, 0.15) is 22.5 Å². The highest BCUT2D eigenvalue weighted by atomic mass is 79.9. The van der Waals surface area contributed by atoms with Gasteiger partial charge in [0.15, 0.2) is 0 Å². The fourth-order valence-corrected chi connectivity index (χ4v) is 3.54. The van der Waals surface area contributed by atoms with Gasteiger partial charge >= 0.3 is 6.03 Å². The molecule has 0 bridgehead atoms. The Morgan fingerprint density at radius 1 is 1.19 bits per heavy atom. The third-order valence-electron chi connectivity index (χ3n) is 4.87. The van der Waals surface area contributed by atoms with Crippen molar-refractivity contribution in [3.05, 3.63) is 79.6 Å². The van der Waals surface area contributed by atoms with Crippen LogP contribution in [0.4, 0.5) is 16.2 Å². The van der Waals surface area contributed by atoms with Crippen LogP contribution in [0.5, 0.6) is 5.75 Å². The lowest BCUT2D eigenvalue weighted by molar-refractivity contribution is -0.384. The fourth-order valence-electron chi connectivity index (χ4n) is 3.30. The van der Waals surface area contributed by atoms with E-state index in [4.69, 9.17) is 4.74 Å². The van der Waals surface area contributed by atoms with Crippen LogP contribution in [0.2, 0.25) is 0 Å². The Balaban J connectivity index is 1.80. The predicted molar refractivity (Wildman–Crippen MR) is 127 cm³/mol. The average Bonchev–Trinajstić information content (AvgIpc) is 3.03. The van der Waals surface area contributed by atoms with Crippen molar-refractivity contribution in [2.24, 2.45) is 5.10 Å². The molecular weight excluding hydrogens is 478 g/mol. The Hall–Kier alpha value is -3.66. The lowest BCUT2D eigenvalue weighted by Crippen LogP contribution is -2.24. The lowest BCUT2D eigenvalue weighted by Gasteiger charge is -2.13. The minimum absolute atomic E-state index is 0.0370. The van der Waals surface area contributed by atoms with Crippen molar-refractivity contribution in [2.45, 2.75) is 20.8 Å². The third-order valence-corrected chi connectivity index (χ3v) is 5.76. The maximum absolute atomic E-state index is 12.1. The first-order valence-electron chi connectivity index (χ1n) is 9.59. The van der Waals surface area contributed by atoms with E-state index in [2.05, 4.69) is 31.8 Å². The number of non-ortho nitro benzene ring substituents is 1. The highest BCUT2D eigenvalue weighted by Gasteiger charge is 2.17. The summed E-state index contributed by atoms with van der Waals surface area (Å²) in [5, 5.41) is 18.0. The number of methoxy groups -OCH3 is 1. The van der Waals surface area contributed by atoms with Crippen LogP contribution in [0.25, 0.3) is 5.69 Å². The van der Waals surface area contributed by atoms with Gasteiger partial charge in [0.1, 0.15) is 5.75 Å². The summed E-state index contributed by atoms with van der Waals surface area (Å²) in [5.41, 5.74) is 6.96. The number of nitro benzene ring substituents is 1. The summed E-state index contributed by atoms with van der Waals surface area (Å²) in [6, 6.07) is 11.3. The van der Waals surface area contributed by atoms with E-state index in [1.165, 1.54) is 25.5 Å². The number of amides is 2. The summed E-state index contributed by atoms with van der Waals surface area (Å²) in [7, 11) is 1.51. The van der Waals surface area contributed by atoms with Gasteiger partial charge in [-0.3, -0.25) is 10.1 Å². The van der Waals surface area contributed by atoms with Gasteiger partial charge in [0.05, 0.1) is 23.9 Å². The van der Waals surface area contributed by atoms with Crippen LogP contribution in [0, 0.1) is 30.9 Å². The zero-order valence-corrected chi connectivity index (χ0v) is 19.6. The number of carbonyl (C=O) groups excluding carboxylic acids is 1. The van der Waals surface area contributed by atoms with Gasteiger partial charge in [0.2, 0.25) is 0 Å². The van der Waals surface area contributed by atoms with Gasteiger partial charge in [-0.2, -0.15) is 5.10 Å². The molecule has 1 heterocycles. The Kier molecular flexibility index (Phi) is 6.94. The molecule has 0 aliphatic carbocycles. The van der Waals surface area contributed by atoms with Gasteiger partial charge in [-0.15, -0.1) is 0 Å². The monoisotopic (exact) mass is 499 g/mol. The van der Waals surface area contributed by atoms with E-state index in [-0.39, 0.29) is 5.69 Å². The van der Waals surface area contributed by atoms with Crippen molar-refractivity contribution >= 4 is 39.6 Å². The second kappa shape index (κ2) is 9.65. The number of anilines is 1. The molecule has 3 rings (SSSR count). The molecule has 9 nitrogen and oxygen atoms in total. The van der Waals surface area contributed by atoms with E-state index in [1.54, 1.807) is 12.1 Å². The number of rotatable bonds is 6. The molecule has 0 atom stereocenters. The Labute approximate surface area is 193 Å². The number of ether oxygens (including phenoxy) is 1. The minimum atomic E-state index is -0.475. The van der Waals surface area contributed by atoms with Crippen LogP contribution in [-0.2, 0) is 0 Å². The normalized spacial score (nSPS) is 10.9. The van der Waals surface area contributed by atoms with E-state index < -0.39 is 11.0 Å². The van der Waals surface area contributed by atoms with Crippen LogP contribution >= 0.6 is 15.9 Å². The molecule has 3 aromatic rings. The number of aromatic nitrogens is 1. The molecule has 0 saturated heterocycles. The first kappa shape index (κ1) is 23.0. The van der Waals surface area contributed by atoms with Gasteiger partial charge in [-0.05, 0) is 56.7 Å². The zero-order chi connectivity index (χ0) is 23.4. The molecule has 0 unspecified atom stereocenters. The number of hydrogen-bond acceptors (Lipinski definition) is 5. The lowest BCUT2D eigenvalue weighted by atomic mass is 10.2. The van der Waals surface area contributed by atoms with E-state index in [9.17, 15) is 14.9 Å². The molecular formula is C22H22BrN5O4. The van der Waals surface area contributed by atoms with Crippen molar-refractivity contribution in [2.75, 3.05) is 12.4 Å². The van der Waals surface area contributed by atoms with E-state index >= 15 is 0 Å². The molecule has 2 aromatic carbocycles. The smallest absolute Gasteiger partial charge is 0.339 e. The molecule has 2 amide bonds. The Morgan fingerprint density at radius 2 is 1.94 bits per heavy atom. The summed E-state index contributed by atoms with van der Waals surface area (Å²) < 4.78 is 8.19. The largest absolute Gasteiger partial charge is 0.495 e. The number of nitro groups is 1. The summed E-state index contributed by atoms with van der Waals surface area (Å²) in [5.74, 6) is 0.503. The van der Waals surface area contributed by atoms with Crippen molar-refractivity contribution < 1.29 is 14.5 Å². The van der Waals surface area contributed by atoms with Crippen LogP contribution < -0.4 is 15.5 Å². The summed E-state index contributed by atoms with van der Waals surface area (Å²) in [6.07, 6.45) is 1.52. The second-order valence-electron chi connectivity index (χ2n) is 7.06. The second-order valence-corrected chi connectivity index (χ2v) is 7.92. The van der Waals surface area contributed by atoms with Gasteiger partial charge in [-0.25, -0.2) is 10.2 Å². The number of nitrogens with zero attached hydrogens (tertiary/aromatic N) is 3. The van der Waals surface area contributed by atoms with Gasteiger partial charge in [0.25, 0.3) is 5.69 Å². The SMILES string of the molecule is COc1ccc([N+](=O)[O-])cc1-n1c(C)cc(/C=N/NC(=O)Nc2ccc(Br)c(C)c2)c1C. The zero-order valence-electron chi connectivity index (χ0n) is 18.0. The van der Waals surface area contributed by atoms with Crippen LogP contribution in [0.3, 0.4) is 0 Å². The molecule has 32 heavy (non-hydrogen) atoms. The number of aryl methyl sites for hydroxylation is 2. The van der Waals surface area contributed by atoms with Crippen molar-refractivity contribution in [1.82, 2.24) is 9.99 Å². The summed E-state index contributed by atoms with van der Waals surface area (Å²) in [4.78, 5) is 22.9. The number of urea groups is 1. The van der Waals surface area contributed by atoms with Crippen LogP contribution in [-0.4, -0.2) is 28.8 Å². The van der Waals surface area contributed by atoms with Crippen LogP contribution in [0.15, 0.2) is 52.0 Å². The van der Waals surface area contributed by atoms with Crippen molar-refractivity contribution in [1.29, 1.82) is 0 Å². The molecule has 1 aromatic heterocycles. The summed E-state index contributed by atoms with van der Waals surface area (Å²) >= 11 is 3.42. The molecule has 0 saturated carbocycles. The number of hydrogen-bond donors (Lipinski definition) is 2. The van der Waals surface area contributed by atoms with Gasteiger partial charge in [-0.1, -0.05) is 15.9 Å². The van der Waals surface area contributed by atoms with Gasteiger partial charge in [0, 0.05) is 39.2 Å². The van der Waals surface area contributed by atoms with Gasteiger partial charge < -0.3 is 14.6 Å². The maximum atomic E-state index is 12.1. The molecule has 0 spiro atoms. The number of benzene rings is 2. The maximum Gasteiger partial charge on any atom is 0.339 e. The standard InChI is InChI=1S/C22H22BrN5O4/c1-13-9-17(5-7-19(13)23)25-22(29)26-24-12-16-10-14(2)27(15(16)3)20-11-18(28(30)31)6-8-21(20)32-4/h5-12H,1-4H3,(H2,25,26,29)/b24-12+. The number of carbonyl (C=O) groups is 1. The molecule has 0 radical (unpaired) electrons. The molecule has 10 heteroatoms. The number of halogens is 1. The van der Waals surface area contributed by atoms with E-state index in [1.807, 2.05) is 43.5 Å². The summed E-state index contributed by atoms with van der Waals surface area (Å²) in [6.45, 7) is 5.66. The number of nitrogens with one attached hydrogen (secondary N) is 2. The highest BCUT2D eigenvalue weighted by molar-refractivity contribution is 9.10. The van der Waals surface area contributed by atoms with E-state index in [0.717, 1.165) is 27.0 Å². The third kappa shape index (κ3) is 4.97. The van der Waals surface area contributed by atoms with E-state index in [0.29, 0.717) is 17.1 Å². The first-order chi connectivity index (χ1) is 15.2. The predicted octanol–water partition coefficient (Wildman–Crippen LogP) is 5.24. The Bertz CT molecular complexity index is 1220.